The average Bonchev–Trinajstić information content (AvgIpc) is 2.01. The van der Waals surface area contributed by atoms with E-state index >= 15 is 0 Å². The monoisotopic (exact) mass is 254 g/mol. The van der Waals surface area contributed by atoms with Gasteiger partial charge in [0.25, 0.3) is 0 Å². The maximum absolute atomic E-state index is 11.3. The highest BCUT2D eigenvalue weighted by molar-refractivity contribution is 6.39. The van der Waals surface area contributed by atoms with E-state index in [9.17, 15) is 4.79 Å². The first-order valence-corrected chi connectivity index (χ1v) is 4.75. The number of carbonyl (C=O) groups excluding carboxylic acids is 1. The summed E-state index contributed by atoms with van der Waals surface area (Å²) < 4.78 is 4.70. The van der Waals surface area contributed by atoms with E-state index in [4.69, 9.17) is 39.5 Å². The van der Waals surface area contributed by atoms with Gasteiger partial charge in [-0.25, -0.2) is 14.8 Å². The second-order valence-electron chi connectivity index (χ2n) is 2.17. The van der Waals surface area contributed by atoms with Crippen LogP contribution in [0.4, 0.5) is 0 Å². The zero-order valence-electron chi connectivity index (χ0n) is 7.05. The predicted octanol–water partition coefficient (Wildman–Crippen LogP) is 2.61. The number of carbonyl (C=O) groups is 1. The van der Waals surface area contributed by atoms with Crippen LogP contribution in [0.5, 0.6) is 0 Å². The number of aromatic nitrogens is 2. The van der Waals surface area contributed by atoms with Crippen molar-refractivity contribution in [2.75, 3.05) is 6.61 Å². The van der Waals surface area contributed by atoms with Crippen molar-refractivity contribution < 1.29 is 9.53 Å². The van der Waals surface area contributed by atoms with Gasteiger partial charge in [0.05, 0.1) is 6.61 Å². The molecule has 76 valence electrons. The molecule has 14 heavy (non-hydrogen) atoms. The molecule has 0 fully saturated rings. The molecule has 0 saturated heterocycles. The molecular formula is C7H5Cl3N2O2. The van der Waals surface area contributed by atoms with Crippen molar-refractivity contribution in [3.8, 4) is 0 Å². The molecule has 0 bridgehead atoms. The summed E-state index contributed by atoms with van der Waals surface area (Å²) in [7, 11) is 0. The van der Waals surface area contributed by atoms with E-state index in [1.54, 1.807) is 6.92 Å². The summed E-state index contributed by atoms with van der Waals surface area (Å²) in [6.45, 7) is 1.88. The Bertz CT molecular complexity index is 347. The fourth-order valence-corrected chi connectivity index (χ4v) is 1.55. The Morgan fingerprint density at radius 3 is 2.21 bits per heavy atom. The smallest absolute Gasteiger partial charge is 0.344 e. The normalized spacial score (nSPS) is 10.0. The lowest BCUT2D eigenvalue weighted by molar-refractivity contribution is 0.0526. The van der Waals surface area contributed by atoms with Crippen LogP contribution in [0.25, 0.3) is 0 Å². The maximum atomic E-state index is 11.3. The molecule has 4 nitrogen and oxygen atoms in total. The molecule has 0 saturated carbocycles. The van der Waals surface area contributed by atoms with Crippen LogP contribution in [0.3, 0.4) is 0 Å². The van der Waals surface area contributed by atoms with Crippen LogP contribution in [0, 0.1) is 0 Å². The molecule has 1 aromatic rings. The van der Waals surface area contributed by atoms with Gasteiger partial charge in [-0.3, -0.25) is 0 Å². The van der Waals surface area contributed by atoms with E-state index in [1.807, 2.05) is 0 Å². The first-order valence-electron chi connectivity index (χ1n) is 3.62. The van der Waals surface area contributed by atoms with Gasteiger partial charge in [0.15, 0.2) is 0 Å². The minimum atomic E-state index is -0.667. The fourth-order valence-electron chi connectivity index (χ4n) is 0.756. The summed E-state index contributed by atoms with van der Waals surface area (Å²) in [5, 5.41) is -0.352. The quantitative estimate of drug-likeness (QED) is 0.463. The van der Waals surface area contributed by atoms with Crippen LogP contribution in [0.1, 0.15) is 17.3 Å². The third kappa shape index (κ3) is 2.47. The van der Waals surface area contributed by atoms with Crippen molar-refractivity contribution in [3.05, 3.63) is 21.2 Å². The maximum Gasteiger partial charge on any atom is 0.344 e. The highest BCUT2D eigenvalue weighted by atomic mass is 35.5. The highest BCUT2D eigenvalue weighted by Crippen LogP contribution is 2.23. The number of hydrogen-bond acceptors (Lipinski definition) is 4. The van der Waals surface area contributed by atoms with Crippen LogP contribution >= 0.6 is 34.8 Å². The Labute approximate surface area is 95.2 Å². The lowest BCUT2D eigenvalue weighted by Gasteiger charge is -2.04. The molecular weight excluding hydrogens is 250 g/mol. The topological polar surface area (TPSA) is 52.1 Å². The highest BCUT2D eigenvalue weighted by Gasteiger charge is 2.19. The number of halogens is 3. The summed E-state index contributed by atoms with van der Waals surface area (Å²) in [6, 6.07) is 0. The van der Waals surface area contributed by atoms with Crippen molar-refractivity contribution in [2.24, 2.45) is 0 Å². The Balaban J connectivity index is 3.14. The fraction of sp³-hybridized carbons (Fsp3) is 0.286. The molecule has 0 atom stereocenters. The molecule has 0 radical (unpaired) electrons. The summed E-state index contributed by atoms with van der Waals surface area (Å²) in [6.07, 6.45) is 0. The van der Waals surface area contributed by atoms with Crippen LogP contribution < -0.4 is 0 Å². The molecule has 0 aliphatic rings. The van der Waals surface area contributed by atoms with Crippen molar-refractivity contribution in [1.82, 2.24) is 9.97 Å². The zero-order valence-corrected chi connectivity index (χ0v) is 9.32. The zero-order chi connectivity index (χ0) is 10.7. The predicted molar refractivity (Wildman–Crippen MR) is 53.0 cm³/mol. The summed E-state index contributed by atoms with van der Waals surface area (Å²) in [5.74, 6) is -0.667. The second kappa shape index (κ2) is 4.77. The van der Waals surface area contributed by atoms with Gasteiger partial charge in [-0.2, -0.15) is 0 Å². The number of nitrogens with zero attached hydrogens (tertiary/aromatic N) is 2. The van der Waals surface area contributed by atoms with Gasteiger partial charge in [0, 0.05) is 0 Å². The van der Waals surface area contributed by atoms with Gasteiger partial charge < -0.3 is 4.74 Å². The van der Waals surface area contributed by atoms with E-state index in [0.29, 0.717) is 0 Å². The molecule has 1 heterocycles. The van der Waals surface area contributed by atoms with E-state index in [1.165, 1.54) is 0 Å². The SMILES string of the molecule is CCOC(=O)c1c(Cl)nc(Cl)nc1Cl. The molecule has 7 heteroatoms. The Kier molecular flexibility index (Phi) is 3.92. The van der Waals surface area contributed by atoms with Crippen molar-refractivity contribution in [2.45, 2.75) is 6.92 Å². The molecule has 0 N–H and O–H groups in total. The lowest BCUT2D eigenvalue weighted by atomic mass is 10.3. The largest absolute Gasteiger partial charge is 0.462 e. The summed E-state index contributed by atoms with van der Waals surface area (Å²) in [4.78, 5) is 18.4. The molecule has 0 aromatic carbocycles. The van der Waals surface area contributed by atoms with Crippen LogP contribution in [-0.2, 0) is 4.74 Å². The summed E-state index contributed by atoms with van der Waals surface area (Å²) in [5.41, 5.74) is -0.0698. The van der Waals surface area contributed by atoms with Crippen molar-refractivity contribution >= 4 is 40.8 Å². The van der Waals surface area contributed by atoms with Crippen LogP contribution in [0.2, 0.25) is 15.6 Å². The van der Waals surface area contributed by atoms with Crippen molar-refractivity contribution in [1.29, 1.82) is 0 Å². The minimum absolute atomic E-state index is 0.0698. The third-order valence-corrected chi connectivity index (χ3v) is 1.99. The van der Waals surface area contributed by atoms with Gasteiger partial charge in [-0.1, -0.05) is 23.2 Å². The average molecular weight is 255 g/mol. The molecule has 0 aliphatic carbocycles. The Morgan fingerprint density at radius 2 is 1.79 bits per heavy atom. The third-order valence-electron chi connectivity index (χ3n) is 1.27. The van der Waals surface area contributed by atoms with Gasteiger partial charge in [-0.05, 0) is 18.5 Å². The number of ether oxygens (including phenoxy) is 1. The summed E-state index contributed by atoms with van der Waals surface area (Å²) >= 11 is 16.7. The van der Waals surface area contributed by atoms with Gasteiger partial charge >= 0.3 is 5.97 Å². The molecule has 0 amide bonds. The molecule has 0 unspecified atom stereocenters. The van der Waals surface area contributed by atoms with Crippen molar-refractivity contribution in [3.63, 3.8) is 0 Å². The second-order valence-corrected chi connectivity index (χ2v) is 3.22. The molecule has 1 aromatic heterocycles. The van der Waals surface area contributed by atoms with Gasteiger partial charge in [-0.15, -0.1) is 0 Å². The van der Waals surface area contributed by atoms with E-state index in [-0.39, 0.29) is 27.8 Å². The number of rotatable bonds is 2. The minimum Gasteiger partial charge on any atom is -0.462 e. The molecule has 0 aliphatic heterocycles. The number of esters is 1. The standard InChI is InChI=1S/C7H5Cl3N2O2/c1-2-14-6(13)3-4(8)11-7(10)12-5(3)9/h2H2,1H3. The van der Waals surface area contributed by atoms with E-state index < -0.39 is 5.97 Å². The molecule has 1 rings (SSSR count). The Hall–Kier alpha value is -0.580. The Morgan fingerprint density at radius 1 is 1.29 bits per heavy atom. The van der Waals surface area contributed by atoms with Crippen LogP contribution in [-0.4, -0.2) is 22.5 Å². The van der Waals surface area contributed by atoms with E-state index in [2.05, 4.69) is 9.97 Å². The lowest BCUT2D eigenvalue weighted by Crippen LogP contribution is -2.08. The van der Waals surface area contributed by atoms with Crippen LogP contribution in [0.15, 0.2) is 0 Å². The van der Waals surface area contributed by atoms with E-state index in [0.717, 1.165) is 0 Å². The first-order chi connectivity index (χ1) is 6.56. The number of hydrogen-bond donors (Lipinski definition) is 0. The first kappa shape index (κ1) is 11.5. The van der Waals surface area contributed by atoms with Gasteiger partial charge in [0.2, 0.25) is 5.28 Å². The molecule has 0 spiro atoms. The van der Waals surface area contributed by atoms with Gasteiger partial charge in [0.1, 0.15) is 15.9 Å².